The third-order valence-electron chi connectivity index (χ3n) is 3.50. The molecule has 1 heterocycles. The fourth-order valence-corrected chi connectivity index (χ4v) is 2.33. The van der Waals surface area contributed by atoms with Gasteiger partial charge in [0, 0.05) is 12.8 Å². The zero-order valence-electron chi connectivity index (χ0n) is 13.3. The Balaban J connectivity index is 2.30. The van der Waals surface area contributed by atoms with Crippen LogP contribution in [0, 0.1) is 0 Å². The van der Waals surface area contributed by atoms with Gasteiger partial charge in [-0.1, -0.05) is 12.1 Å². The first-order valence-corrected chi connectivity index (χ1v) is 7.21. The van der Waals surface area contributed by atoms with Gasteiger partial charge in [-0.05, 0) is 24.6 Å². The quantitative estimate of drug-likeness (QED) is 0.532. The Kier molecular flexibility index (Phi) is 5.54. The second-order valence-electron chi connectivity index (χ2n) is 5.13. The summed E-state index contributed by atoms with van der Waals surface area (Å²) in [6, 6.07) is 4.75. The van der Waals surface area contributed by atoms with E-state index in [9.17, 15) is 14.4 Å². The molecule has 0 radical (unpaired) electrons. The van der Waals surface area contributed by atoms with Gasteiger partial charge in [0.25, 0.3) is 0 Å². The van der Waals surface area contributed by atoms with Crippen molar-refractivity contribution in [3.05, 3.63) is 46.7 Å². The van der Waals surface area contributed by atoms with E-state index < -0.39 is 24.0 Å². The predicted molar refractivity (Wildman–Crippen MR) is 83.3 cm³/mol. The number of carboxylic acids is 1. The summed E-state index contributed by atoms with van der Waals surface area (Å²) >= 11 is 0. The van der Waals surface area contributed by atoms with E-state index in [0.717, 1.165) is 0 Å². The number of carboxylic acid groups (broad SMARTS) is 1. The highest BCUT2D eigenvalue weighted by molar-refractivity contribution is 5.95. The number of benzene rings is 1. The molecule has 1 unspecified atom stereocenters. The smallest absolute Gasteiger partial charge is 0.338 e. The number of aromatic carboxylic acids is 1. The number of carbonyl (C=O) groups excluding carboxylic acids is 2. The van der Waals surface area contributed by atoms with E-state index in [1.54, 1.807) is 19.1 Å². The summed E-state index contributed by atoms with van der Waals surface area (Å²) in [7, 11) is 1.49. The Morgan fingerprint density at radius 2 is 1.88 bits per heavy atom. The molecular weight excluding hydrogens is 316 g/mol. The van der Waals surface area contributed by atoms with Crippen LogP contribution in [0.2, 0.25) is 0 Å². The Bertz CT molecular complexity index is 680. The Morgan fingerprint density at radius 1 is 1.21 bits per heavy atom. The van der Waals surface area contributed by atoms with Crippen molar-refractivity contribution in [1.29, 1.82) is 0 Å². The number of carbonyl (C=O) groups is 3. The van der Waals surface area contributed by atoms with Gasteiger partial charge in [0.05, 0.1) is 23.8 Å². The number of amides is 2. The minimum absolute atomic E-state index is 0.0880. The van der Waals surface area contributed by atoms with Gasteiger partial charge in [-0.15, -0.1) is 0 Å². The minimum atomic E-state index is -1.05. The lowest BCUT2D eigenvalue weighted by atomic mass is 9.95. The molecule has 1 aliphatic rings. The lowest BCUT2D eigenvalue weighted by Crippen LogP contribution is -2.45. The zero-order valence-corrected chi connectivity index (χ0v) is 13.3. The van der Waals surface area contributed by atoms with Crippen LogP contribution in [0.1, 0.15) is 28.9 Å². The molecule has 0 aromatic heterocycles. The van der Waals surface area contributed by atoms with Crippen LogP contribution in [0.3, 0.4) is 0 Å². The van der Waals surface area contributed by atoms with Crippen molar-refractivity contribution >= 4 is 18.0 Å². The summed E-state index contributed by atoms with van der Waals surface area (Å²) in [5.74, 6) is -1.63. The topological polar surface area (TPSA) is 114 Å². The first-order valence-electron chi connectivity index (χ1n) is 7.21. The Labute approximate surface area is 138 Å². The third kappa shape index (κ3) is 3.90. The molecule has 2 rings (SSSR count). The highest BCUT2D eigenvalue weighted by Crippen LogP contribution is 2.27. The van der Waals surface area contributed by atoms with Crippen molar-refractivity contribution < 1.29 is 29.0 Å². The van der Waals surface area contributed by atoms with Crippen LogP contribution >= 0.6 is 0 Å². The standard InChI is InChI=1S/C16H18N2O6/c1-9-12(15(21)24-8-7-23-2)13(18-16(22)17-9)10-3-5-11(6-4-10)14(19)20/h3-6,13H,7-8H2,1-2H3,(H,19,20)(H2,17,18,22). The number of methoxy groups -OCH3 is 1. The van der Waals surface area contributed by atoms with Crippen molar-refractivity contribution in [2.24, 2.45) is 0 Å². The average molecular weight is 334 g/mol. The van der Waals surface area contributed by atoms with Crippen molar-refractivity contribution in [2.75, 3.05) is 20.3 Å². The summed E-state index contributed by atoms with van der Waals surface area (Å²) in [5, 5.41) is 14.1. The summed E-state index contributed by atoms with van der Waals surface area (Å²) in [5.41, 5.74) is 1.33. The average Bonchev–Trinajstić information content (AvgIpc) is 2.54. The molecule has 0 aliphatic carbocycles. The van der Waals surface area contributed by atoms with Crippen LogP contribution < -0.4 is 10.6 Å². The number of hydrogen-bond donors (Lipinski definition) is 3. The van der Waals surface area contributed by atoms with Crippen LogP contribution in [0.15, 0.2) is 35.5 Å². The number of hydrogen-bond acceptors (Lipinski definition) is 5. The number of nitrogens with one attached hydrogen (secondary N) is 2. The highest BCUT2D eigenvalue weighted by Gasteiger charge is 2.32. The minimum Gasteiger partial charge on any atom is -0.478 e. The normalized spacial score (nSPS) is 17.1. The molecule has 24 heavy (non-hydrogen) atoms. The van der Waals surface area contributed by atoms with E-state index in [4.69, 9.17) is 14.6 Å². The highest BCUT2D eigenvalue weighted by atomic mass is 16.6. The van der Waals surface area contributed by atoms with Gasteiger partial charge >= 0.3 is 18.0 Å². The number of esters is 1. The van der Waals surface area contributed by atoms with Crippen molar-refractivity contribution in [2.45, 2.75) is 13.0 Å². The van der Waals surface area contributed by atoms with E-state index in [1.807, 2.05) is 0 Å². The van der Waals surface area contributed by atoms with Gasteiger partial charge in [0.2, 0.25) is 0 Å². The fraction of sp³-hybridized carbons (Fsp3) is 0.312. The maximum Gasteiger partial charge on any atom is 0.338 e. The monoisotopic (exact) mass is 334 g/mol. The molecule has 1 aliphatic heterocycles. The van der Waals surface area contributed by atoms with Crippen LogP contribution in [-0.2, 0) is 14.3 Å². The molecule has 8 heteroatoms. The van der Waals surface area contributed by atoms with Crippen molar-refractivity contribution in [1.82, 2.24) is 10.6 Å². The van der Waals surface area contributed by atoms with Crippen molar-refractivity contribution in [3.63, 3.8) is 0 Å². The van der Waals surface area contributed by atoms with Gasteiger partial charge in [-0.3, -0.25) is 0 Å². The lowest BCUT2D eigenvalue weighted by Gasteiger charge is -2.28. The molecule has 3 N–H and O–H groups in total. The number of urea groups is 1. The molecule has 8 nitrogen and oxygen atoms in total. The molecule has 128 valence electrons. The van der Waals surface area contributed by atoms with Crippen LogP contribution in [0.5, 0.6) is 0 Å². The number of rotatable bonds is 6. The predicted octanol–water partition coefficient (Wildman–Crippen LogP) is 1.20. The van der Waals surface area contributed by atoms with Crippen LogP contribution in [0.25, 0.3) is 0 Å². The SMILES string of the molecule is COCCOC(=O)C1=C(C)NC(=O)NC1c1ccc(C(=O)O)cc1. The van der Waals surface area contributed by atoms with Gasteiger partial charge in [-0.2, -0.15) is 0 Å². The first-order chi connectivity index (χ1) is 11.4. The summed E-state index contributed by atoms with van der Waals surface area (Å²) in [6.07, 6.45) is 0. The molecule has 0 saturated carbocycles. The van der Waals surface area contributed by atoms with E-state index in [-0.39, 0.29) is 24.4 Å². The molecule has 0 bridgehead atoms. The van der Waals surface area contributed by atoms with Crippen molar-refractivity contribution in [3.8, 4) is 0 Å². The number of ether oxygens (including phenoxy) is 2. The second-order valence-corrected chi connectivity index (χ2v) is 5.13. The summed E-state index contributed by atoms with van der Waals surface area (Å²) in [4.78, 5) is 35.0. The maximum absolute atomic E-state index is 12.3. The van der Waals surface area contributed by atoms with E-state index in [0.29, 0.717) is 11.3 Å². The Morgan fingerprint density at radius 3 is 2.46 bits per heavy atom. The molecular formula is C16H18N2O6. The molecule has 1 atom stereocenters. The molecule has 0 spiro atoms. The number of allylic oxidation sites excluding steroid dienone is 1. The maximum atomic E-state index is 12.3. The van der Waals surface area contributed by atoms with Gasteiger partial charge in [0.1, 0.15) is 6.61 Å². The van der Waals surface area contributed by atoms with E-state index in [2.05, 4.69) is 10.6 Å². The zero-order chi connectivity index (χ0) is 17.7. The van der Waals surface area contributed by atoms with E-state index >= 15 is 0 Å². The van der Waals surface area contributed by atoms with Gasteiger partial charge in [-0.25, -0.2) is 14.4 Å². The molecule has 1 aromatic carbocycles. The molecule has 0 saturated heterocycles. The second kappa shape index (κ2) is 7.60. The third-order valence-corrected chi connectivity index (χ3v) is 3.50. The molecule has 0 fully saturated rings. The summed E-state index contributed by atoms with van der Waals surface area (Å²) in [6.45, 7) is 1.95. The largest absolute Gasteiger partial charge is 0.478 e. The first kappa shape index (κ1) is 17.5. The van der Waals surface area contributed by atoms with Crippen LogP contribution in [0.4, 0.5) is 4.79 Å². The van der Waals surface area contributed by atoms with Crippen LogP contribution in [-0.4, -0.2) is 43.4 Å². The Hall–Kier alpha value is -2.87. The summed E-state index contributed by atoms with van der Waals surface area (Å²) < 4.78 is 9.97. The van der Waals surface area contributed by atoms with Gasteiger partial charge in [0.15, 0.2) is 0 Å². The fourth-order valence-electron chi connectivity index (χ4n) is 2.33. The molecule has 2 amide bonds. The lowest BCUT2D eigenvalue weighted by molar-refractivity contribution is -0.140. The van der Waals surface area contributed by atoms with Gasteiger partial charge < -0.3 is 25.2 Å². The molecule has 1 aromatic rings. The van der Waals surface area contributed by atoms with E-state index in [1.165, 1.54) is 19.2 Å².